The van der Waals surface area contributed by atoms with Crippen molar-refractivity contribution in [3.63, 3.8) is 0 Å². The van der Waals surface area contributed by atoms with Crippen LogP contribution in [0.25, 0.3) is 0 Å². The summed E-state index contributed by atoms with van der Waals surface area (Å²) in [6.07, 6.45) is 3.55. The lowest BCUT2D eigenvalue weighted by atomic mass is 9.88. The van der Waals surface area contributed by atoms with E-state index in [0.29, 0.717) is 24.8 Å². The second-order valence-corrected chi connectivity index (χ2v) is 6.37. The van der Waals surface area contributed by atoms with Crippen LogP contribution in [0.2, 0.25) is 5.02 Å². The molecule has 1 aliphatic carbocycles. The van der Waals surface area contributed by atoms with Gasteiger partial charge in [0.15, 0.2) is 5.69 Å². The zero-order valence-corrected chi connectivity index (χ0v) is 12.4. The Morgan fingerprint density at radius 1 is 1.55 bits per heavy atom. The van der Waals surface area contributed by atoms with Gasteiger partial charge in [0.25, 0.3) is 5.91 Å². The lowest BCUT2D eigenvalue weighted by Crippen LogP contribution is -2.40. The molecule has 1 saturated heterocycles. The largest absolute Gasteiger partial charge is 0.387 e. The first-order valence-electron chi connectivity index (χ1n) is 6.92. The number of aliphatic hydroxyl groups is 1. The van der Waals surface area contributed by atoms with Crippen LogP contribution in [0.3, 0.4) is 0 Å². The van der Waals surface area contributed by atoms with E-state index < -0.39 is 5.60 Å². The maximum atomic E-state index is 12.5. The molecule has 1 aromatic rings. The number of likely N-dealkylation sites (tertiary alicyclic amines) is 1. The number of amides is 1. The molecule has 6 heteroatoms. The molecule has 2 atom stereocenters. The minimum absolute atomic E-state index is 0.0839. The predicted molar refractivity (Wildman–Crippen MR) is 74.5 cm³/mol. The highest BCUT2D eigenvalue weighted by Crippen LogP contribution is 2.47. The summed E-state index contributed by atoms with van der Waals surface area (Å²) in [6.45, 7) is 4.64. The monoisotopic (exact) mass is 295 g/mol. The minimum atomic E-state index is -0.746. The fraction of sp³-hybridized carbons (Fsp3) is 0.643. The first kappa shape index (κ1) is 13.8. The average molecular weight is 296 g/mol. The second-order valence-electron chi connectivity index (χ2n) is 5.97. The molecule has 0 aromatic carbocycles. The lowest BCUT2D eigenvalue weighted by molar-refractivity contribution is -0.00367. The fourth-order valence-corrected chi connectivity index (χ4v) is 3.21. The topological polar surface area (TPSA) is 66.3 Å². The van der Waals surface area contributed by atoms with E-state index in [1.807, 2.05) is 6.92 Å². The first-order valence-corrected chi connectivity index (χ1v) is 7.30. The van der Waals surface area contributed by atoms with Crippen LogP contribution in [0, 0.1) is 18.8 Å². The van der Waals surface area contributed by atoms with E-state index in [2.05, 4.69) is 9.97 Å². The van der Waals surface area contributed by atoms with Crippen molar-refractivity contribution in [3.8, 4) is 0 Å². The molecule has 108 valence electrons. The Labute approximate surface area is 123 Å². The van der Waals surface area contributed by atoms with Crippen molar-refractivity contribution in [2.45, 2.75) is 32.3 Å². The molecule has 1 amide bonds. The van der Waals surface area contributed by atoms with Crippen molar-refractivity contribution in [1.82, 2.24) is 14.9 Å². The van der Waals surface area contributed by atoms with Crippen LogP contribution in [0.5, 0.6) is 0 Å². The van der Waals surface area contributed by atoms with Crippen LogP contribution in [0.1, 0.15) is 36.1 Å². The summed E-state index contributed by atoms with van der Waals surface area (Å²) in [5.74, 6) is 0.713. The quantitative estimate of drug-likeness (QED) is 0.901. The maximum Gasteiger partial charge on any atom is 0.274 e. The molecule has 2 heterocycles. The smallest absolute Gasteiger partial charge is 0.274 e. The molecule has 2 fully saturated rings. The molecule has 2 aliphatic rings. The summed E-state index contributed by atoms with van der Waals surface area (Å²) in [5.41, 5.74) is -0.518. The van der Waals surface area contributed by atoms with E-state index in [9.17, 15) is 9.90 Å². The molecule has 1 aromatic heterocycles. The SMILES string of the molecule is Cc1ncc(Cl)c(C(=O)N2CC(C)C(O)(C3CC3)C2)n1. The molecule has 1 aliphatic heterocycles. The van der Waals surface area contributed by atoms with Gasteiger partial charge < -0.3 is 10.0 Å². The van der Waals surface area contributed by atoms with Crippen LogP contribution in [0.4, 0.5) is 0 Å². The molecule has 20 heavy (non-hydrogen) atoms. The Morgan fingerprint density at radius 2 is 2.25 bits per heavy atom. The Hall–Kier alpha value is -1.20. The fourth-order valence-electron chi connectivity index (χ4n) is 3.04. The van der Waals surface area contributed by atoms with E-state index >= 15 is 0 Å². The van der Waals surface area contributed by atoms with Gasteiger partial charge in [0, 0.05) is 12.5 Å². The summed E-state index contributed by atoms with van der Waals surface area (Å²) >= 11 is 6.02. The summed E-state index contributed by atoms with van der Waals surface area (Å²) in [5, 5.41) is 11.0. The van der Waals surface area contributed by atoms with E-state index in [0.717, 1.165) is 12.8 Å². The standard InChI is InChI=1S/C14H18ClN3O2/c1-8-6-18(7-14(8,20)10-3-4-10)13(19)12-11(15)5-16-9(2)17-12/h5,8,10,20H,3-4,6-7H2,1-2H3. The lowest BCUT2D eigenvalue weighted by Gasteiger charge is -2.26. The van der Waals surface area contributed by atoms with Gasteiger partial charge in [-0.1, -0.05) is 18.5 Å². The van der Waals surface area contributed by atoms with E-state index in [1.54, 1.807) is 11.8 Å². The molecule has 0 bridgehead atoms. The van der Waals surface area contributed by atoms with Crippen LogP contribution in [-0.4, -0.2) is 44.6 Å². The molecule has 0 spiro atoms. The van der Waals surface area contributed by atoms with Crippen molar-refractivity contribution in [2.75, 3.05) is 13.1 Å². The molecular formula is C14H18ClN3O2. The van der Waals surface area contributed by atoms with Crippen molar-refractivity contribution in [3.05, 3.63) is 22.7 Å². The molecule has 1 saturated carbocycles. The van der Waals surface area contributed by atoms with E-state index in [1.165, 1.54) is 6.20 Å². The molecule has 1 N–H and O–H groups in total. The minimum Gasteiger partial charge on any atom is -0.387 e. The van der Waals surface area contributed by atoms with E-state index in [4.69, 9.17) is 11.6 Å². The van der Waals surface area contributed by atoms with Gasteiger partial charge in [-0.15, -0.1) is 0 Å². The Morgan fingerprint density at radius 3 is 2.90 bits per heavy atom. The van der Waals surface area contributed by atoms with Gasteiger partial charge in [0.1, 0.15) is 5.82 Å². The zero-order valence-electron chi connectivity index (χ0n) is 11.6. The number of carbonyl (C=O) groups excluding carboxylic acids is 1. The van der Waals surface area contributed by atoms with Crippen molar-refractivity contribution in [2.24, 2.45) is 11.8 Å². The van der Waals surface area contributed by atoms with Gasteiger partial charge in [-0.2, -0.15) is 0 Å². The summed E-state index contributed by atoms with van der Waals surface area (Å²) in [4.78, 5) is 22.3. The van der Waals surface area contributed by atoms with Gasteiger partial charge in [0.2, 0.25) is 0 Å². The molecule has 0 radical (unpaired) electrons. The van der Waals surface area contributed by atoms with E-state index in [-0.39, 0.29) is 22.5 Å². The number of hydrogen-bond donors (Lipinski definition) is 1. The highest BCUT2D eigenvalue weighted by Gasteiger charge is 2.53. The molecular weight excluding hydrogens is 278 g/mol. The number of aryl methyl sites for hydroxylation is 1. The predicted octanol–water partition coefficient (Wildman–Crippen LogP) is 1.67. The molecule has 5 nitrogen and oxygen atoms in total. The van der Waals surface area contributed by atoms with Gasteiger partial charge in [-0.3, -0.25) is 4.79 Å². The Balaban J connectivity index is 1.83. The first-order chi connectivity index (χ1) is 9.41. The summed E-state index contributed by atoms with van der Waals surface area (Å²) in [6, 6.07) is 0. The van der Waals surface area contributed by atoms with Gasteiger partial charge in [-0.05, 0) is 25.7 Å². The second kappa shape index (κ2) is 4.67. The summed E-state index contributed by atoms with van der Waals surface area (Å²) < 4.78 is 0. The van der Waals surface area contributed by atoms with Gasteiger partial charge in [0.05, 0.1) is 23.4 Å². The van der Waals surface area contributed by atoms with Crippen molar-refractivity contribution >= 4 is 17.5 Å². The maximum absolute atomic E-state index is 12.5. The van der Waals surface area contributed by atoms with Crippen molar-refractivity contribution < 1.29 is 9.90 Å². The van der Waals surface area contributed by atoms with Crippen molar-refractivity contribution in [1.29, 1.82) is 0 Å². The van der Waals surface area contributed by atoms with Crippen LogP contribution >= 0.6 is 11.6 Å². The van der Waals surface area contributed by atoms with Gasteiger partial charge in [-0.25, -0.2) is 9.97 Å². The zero-order chi connectivity index (χ0) is 14.5. The number of nitrogens with zero attached hydrogens (tertiary/aromatic N) is 3. The number of aromatic nitrogens is 2. The average Bonchev–Trinajstić information content (AvgIpc) is 3.20. The number of rotatable bonds is 2. The third-order valence-electron chi connectivity index (χ3n) is 4.43. The normalized spacial score (nSPS) is 29.8. The summed E-state index contributed by atoms with van der Waals surface area (Å²) in [7, 11) is 0. The number of carbonyl (C=O) groups is 1. The Kier molecular flexibility index (Phi) is 3.21. The third kappa shape index (κ3) is 2.19. The highest BCUT2D eigenvalue weighted by atomic mass is 35.5. The van der Waals surface area contributed by atoms with Crippen LogP contribution in [-0.2, 0) is 0 Å². The molecule has 3 rings (SSSR count). The number of halogens is 1. The number of hydrogen-bond acceptors (Lipinski definition) is 4. The van der Waals surface area contributed by atoms with Gasteiger partial charge >= 0.3 is 0 Å². The highest BCUT2D eigenvalue weighted by molar-refractivity contribution is 6.33. The third-order valence-corrected chi connectivity index (χ3v) is 4.71. The van der Waals surface area contributed by atoms with Crippen LogP contribution in [0.15, 0.2) is 6.20 Å². The number of β-amino-alcohol motifs (C(OH)–C–C–N with tert-alkyl or cyclic N) is 1. The molecule has 2 unspecified atom stereocenters. The Bertz CT molecular complexity index is 561. The van der Waals surface area contributed by atoms with Crippen LogP contribution < -0.4 is 0 Å².